The maximum Gasteiger partial charge on any atom is 0.100 e. The quantitative estimate of drug-likeness (QED) is 0.549. The van der Waals surface area contributed by atoms with Gasteiger partial charge in [-0.25, -0.2) is 0 Å². The van der Waals surface area contributed by atoms with E-state index in [0.29, 0.717) is 22.7 Å². The molecule has 170 valence electrons. The highest BCUT2D eigenvalue weighted by Gasteiger charge is 2.58. The molecule has 0 amide bonds. The lowest BCUT2D eigenvalue weighted by atomic mass is 9.47. The summed E-state index contributed by atoms with van der Waals surface area (Å²) in [4.78, 5) is 0. The molecule has 3 saturated carbocycles. The monoisotopic (exact) mass is 416 g/mol. The first kappa shape index (κ1) is 22.6. The molecule has 0 spiro atoms. The van der Waals surface area contributed by atoms with E-state index in [9.17, 15) is 15.3 Å². The number of rotatable bonds is 4. The Morgan fingerprint density at radius 2 is 1.80 bits per heavy atom. The van der Waals surface area contributed by atoms with Crippen LogP contribution >= 0.6 is 0 Å². The largest absolute Gasteiger partial charge is 0.393 e. The van der Waals surface area contributed by atoms with Gasteiger partial charge in [0.25, 0.3) is 0 Å². The van der Waals surface area contributed by atoms with Crippen molar-refractivity contribution in [3.8, 4) is 0 Å². The molecule has 0 bridgehead atoms. The molecule has 0 aromatic heterocycles. The van der Waals surface area contributed by atoms with Crippen molar-refractivity contribution >= 4 is 0 Å². The van der Waals surface area contributed by atoms with Crippen molar-refractivity contribution in [3.05, 3.63) is 23.8 Å². The van der Waals surface area contributed by atoms with E-state index in [2.05, 4.69) is 32.9 Å². The molecule has 4 rings (SSSR count). The van der Waals surface area contributed by atoms with E-state index in [0.717, 1.165) is 37.0 Å². The summed E-state index contributed by atoms with van der Waals surface area (Å²) >= 11 is 0. The normalized spacial score (nSPS) is 46.0. The molecule has 0 radical (unpaired) electrons. The molecule has 0 saturated heterocycles. The highest BCUT2D eigenvalue weighted by Crippen LogP contribution is 2.67. The van der Waals surface area contributed by atoms with Crippen LogP contribution in [-0.4, -0.2) is 33.1 Å². The summed E-state index contributed by atoms with van der Waals surface area (Å²) in [6.07, 6.45) is 15.0. The van der Waals surface area contributed by atoms with Crippen LogP contribution in [0.2, 0.25) is 0 Å². The third-order valence-electron chi connectivity index (χ3n) is 10.1. The molecular formula is C27H44O3. The van der Waals surface area contributed by atoms with Crippen LogP contribution < -0.4 is 0 Å². The predicted molar refractivity (Wildman–Crippen MR) is 122 cm³/mol. The van der Waals surface area contributed by atoms with Crippen LogP contribution in [0.5, 0.6) is 0 Å². The van der Waals surface area contributed by atoms with Gasteiger partial charge in [-0.3, -0.25) is 0 Å². The number of hydrogen-bond donors (Lipinski definition) is 3. The summed E-state index contributed by atoms with van der Waals surface area (Å²) in [6, 6.07) is 0. The van der Waals surface area contributed by atoms with Gasteiger partial charge in [-0.05, 0) is 106 Å². The number of hydrogen-bond acceptors (Lipinski definition) is 3. The standard InChI is InChI=1S/C27H44O3/c1-17(6-11-24(29)25(2,3)30)21-9-10-22-20-8-7-18-16-19(28)12-14-26(18,4)23(20)13-15-27(21,22)5/h6-7,11,17,19-24,28-30H,8-10,12-16H2,1-5H3/b11-6-/t17-,19-,20+,21-,22+,23+,24?,26+,27-/m1/s1. The average Bonchev–Trinajstić information content (AvgIpc) is 3.03. The molecule has 0 aromatic carbocycles. The summed E-state index contributed by atoms with van der Waals surface area (Å²) in [5, 5.41) is 30.5. The van der Waals surface area contributed by atoms with Gasteiger partial charge in [0.1, 0.15) is 6.10 Å². The molecule has 3 nitrogen and oxygen atoms in total. The molecule has 9 atom stereocenters. The maximum atomic E-state index is 10.2. The topological polar surface area (TPSA) is 60.7 Å². The van der Waals surface area contributed by atoms with Gasteiger partial charge < -0.3 is 15.3 Å². The molecule has 4 aliphatic rings. The van der Waals surface area contributed by atoms with E-state index < -0.39 is 11.7 Å². The molecule has 0 aliphatic heterocycles. The zero-order valence-corrected chi connectivity index (χ0v) is 19.8. The van der Waals surface area contributed by atoms with Gasteiger partial charge in [-0.1, -0.05) is 44.6 Å². The maximum absolute atomic E-state index is 10.2. The van der Waals surface area contributed by atoms with E-state index in [4.69, 9.17) is 0 Å². The van der Waals surface area contributed by atoms with Gasteiger partial charge in [0.2, 0.25) is 0 Å². The Morgan fingerprint density at radius 3 is 2.50 bits per heavy atom. The van der Waals surface area contributed by atoms with Crippen LogP contribution in [0.4, 0.5) is 0 Å². The Kier molecular flexibility index (Phi) is 5.82. The van der Waals surface area contributed by atoms with Gasteiger partial charge in [0.15, 0.2) is 0 Å². The van der Waals surface area contributed by atoms with Crippen LogP contribution in [0.15, 0.2) is 23.8 Å². The van der Waals surface area contributed by atoms with Crippen LogP contribution in [0.25, 0.3) is 0 Å². The number of aliphatic hydroxyl groups excluding tert-OH is 2. The van der Waals surface area contributed by atoms with E-state index in [1.165, 1.54) is 32.1 Å². The summed E-state index contributed by atoms with van der Waals surface area (Å²) in [7, 11) is 0. The first-order valence-electron chi connectivity index (χ1n) is 12.4. The van der Waals surface area contributed by atoms with Gasteiger partial charge in [0, 0.05) is 0 Å². The van der Waals surface area contributed by atoms with Crippen molar-refractivity contribution in [2.75, 3.05) is 0 Å². The number of fused-ring (bicyclic) bond motifs is 5. The summed E-state index contributed by atoms with van der Waals surface area (Å²) in [5.74, 6) is 3.43. The first-order valence-corrected chi connectivity index (χ1v) is 12.4. The van der Waals surface area contributed by atoms with E-state index >= 15 is 0 Å². The third kappa shape index (κ3) is 3.63. The van der Waals surface area contributed by atoms with E-state index in [1.807, 2.05) is 6.08 Å². The first-order chi connectivity index (χ1) is 14.0. The molecule has 3 N–H and O–H groups in total. The number of allylic oxidation sites excluding steroid dienone is 2. The highest BCUT2D eigenvalue weighted by atomic mass is 16.3. The Hall–Kier alpha value is -0.640. The molecular weight excluding hydrogens is 372 g/mol. The van der Waals surface area contributed by atoms with Crippen molar-refractivity contribution in [2.24, 2.45) is 40.4 Å². The fourth-order valence-corrected chi connectivity index (χ4v) is 8.20. The van der Waals surface area contributed by atoms with E-state index in [-0.39, 0.29) is 6.10 Å². The van der Waals surface area contributed by atoms with Crippen molar-refractivity contribution < 1.29 is 15.3 Å². The number of aliphatic hydroxyl groups is 3. The Balaban J connectivity index is 1.52. The Morgan fingerprint density at radius 1 is 1.07 bits per heavy atom. The molecule has 30 heavy (non-hydrogen) atoms. The third-order valence-corrected chi connectivity index (χ3v) is 10.1. The minimum Gasteiger partial charge on any atom is -0.393 e. The average molecular weight is 417 g/mol. The molecule has 0 heterocycles. The van der Waals surface area contributed by atoms with Crippen LogP contribution in [0.3, 0.4) is 0 Å². The van der Waals surface area contributed by atoms with Crippen LogP contribution in [0.1, 0.15) is 86.0 Å². The highest BCUT2D eigenvalue weighted by molar-refractivity contribution is 5.25. The summed E-state index contributed by atoms with van der Waals surface area (Å²) in [6.45, 7) is 10.7. The fraction of sp³-hybridized carbons (Fsp3) is 0.852. The second-order valence-electron chi connectivity index (χ2n) is 12.2. The zero-order valence-electron chi connectivity index (χ0n) is 19.8. The fourth-order valence-electron chi connectivity index (χ4n) is 8.20. The van der Waals surface area contributed by atoms with Crippen molar-refractivity contribution in [3.63, 3.8) is 0 Å². The molecule has 3 fully saturated rings. The van der Waals surface area contributed by atoms with Gasteiger partial charge >= 0.3 is 0 Å². The Bertz CT molecular complexity index is 703. The lowest BCUT2D eigenvalue weighted by molar-refractivity contribution is -0.0542. The lowest BCUT2D eigenvalue weighted by Crippen LogP contribution is -2.50. The summed E-state index contributed by atoms with van der Waals surface area (Å²) < 4.78 is 0. The molecule has 1 unspecified atom stereocenters. The molecule has 0 aromatic rings. The molecule has 4 aliphatic carbocycles. The van der Waals surface area contributed by atoms with Crippen LogP contribution in [0, 0.1) is 40.4 Å². The minimum atomic E-state index is -1.09. The van der Waals surface area contributed by atoms with Crippen molar-refractivity contribution in [1.82, 2.24) is 0 Å². The zero-order chi connectivity index (χ0) is 21.9. The summed E-state index contributed by atoms with van der Waals surface area (Å²) in [5.41, 5.74) is 1.15. The van der Waals surface area contributed by atoms with Crippen LogP contribution in [-0.2, 0) is 0 Å². The van der Waals surface area contributed by atoms with E-state index in [1.54, 1.807) is 19.4 Å². The van der Waals surface area contributed by atoms with Gasteiger partial charge in [-0.2, -0.15) is 0 Å². The minimum absolute atomic E-state index is 0.127. The SMILES string of the molecule is C[C@H](/C=C\C(O)C(C)(C)O)[C@H]1CC[C@H]2[C@@H]3CC=C4C[C@H](O)CC[C@]4(C)[C@H]3CC[C@]12C. The molecule has 3 heteroatoms. The Labute approximate surface area is 183 Å². The van der Waals surface area contributed by atoms with Crippen molar-refractivity contribution in [2.45, 2.75) is 104 Å². The second kappa shape index (κ2) is 7.74. The van der Waals surface area contributed by atoms with Gasteiger partial charge in [0.05, 0.1) is 11.7 Å². The second-order valence-corrected chi connectivity index (χ2v) is 12.2. The van der Waals surface area contributed by atoms with Gasteiger partial charge in [-0.15, -0.1) is 0 Å². The van der Waals surface area contributed by atoms with Crippen molar-refractivity contribution in [1.29, 1.82) is 0 Å². The lowest BCUT2D eigenvalue weighted by Gasteiger charge is -2.58. The smallest absolute Gasteiger partial charge is 0.100 e. The predicted octanol–water partition coefficient (Wildman–Crippen LogP) is 5.25.